The number of nitrogens with zero attached hydrogens (tertiary/aromatic N) is 4. The maximum Gasteiger partial charge on any atom is 0.283 e. The molecule has 172 valence electrons. The van der Waals surface area contributed by atoms with Crippen molar-refractivity contribution in [2.45, 2.75) is 46.4 Å². The molecule has 2 aromatic heterocycles. The van der Waals surface area contributed by atoms with Gasteiger partial charge in [0.25, 0.3) is 12.9 Å². The average Bonchev–Trinajstić information content (AvgIpc) is 3.30. The summed E-state index contributed by atoms with van der Waals surface area (Å²) in [6.07, 6.45) is -3.54. The first-order valence-corrected chi connectivity index (χ1v) is 9.83. The van der Waals surface area contributed by atoms with Gasteiger partial charge < -0.3 is 10.1 Å². The fourth-order valence-corrected chi connectivity index (χ4v) is 3.32. The standard InChI is InChI=1S/C20H20ClF4N5O2/c1-10-4-5-14(11(2)6-10)32-9-29-8-13(7-26-29)27-20(31)12(3)30-17(19(24)25)15(21)16(28-30)18(22)23/h4-8,12,18-19H,9H2,1-3H3,(H,27,31). The molecular formula is C20H20ClF4N5O2. The molecule has 1 aromatic carbocycles. The van der Waals surface area contributed by atoms with Gasteiger partial charge in [-0.3, -0.25) is 4.79 Å². The lowest BCUT2D eigenvalue weighted by molar-refractivity contribution is -0.119. The summed E-state index contributed by atoms with van der Waals surface area (Å²) in [6, 6.07) is 4.38. The number of rotatable bonds is 8. The van der Waals surface area contributed by atoms with E-state index in [2.05, 4.69) is 15.5 Å². The molecule has 1 atom stereocenters. The number of alkyl halides is 4. The SMILES string of the molecule is Cc1ccc(OCn2cc(NC(=O)C(C)n3nc(C(F)F)c(Cl)c3C(F)F)cn2)c(C)c1. The number of hydrogen-bond acceptors (Lipinski definition) is 4. The lowest BCUT2D eigenvalue weighted by atomic mass is 10.1. The number of nitrogens with one attached hydrogen (secondary N) is 1. The topological polar surface area (TPSA) is 74.0 Å². The molecule has 7 nitrogen and oxygen atoms in total. The van der Waals surface area contributed by atoms with Gasteiger partial charge in [0.05, 0.1) is 23.1 Å². The molecule has 0 radical (unpaired) electrons. The van der Waals surface area contributed by atoms with E-state index < -0.39 is 41.2 Å². The van der Waals surface area contributed by atoms with Crippen LogP contribution in [0.4, 0.5) is 23.2 Å². The van der Waals surface area contributed by atoms with Gasteiger partial charge in [0.2, 0.25) is 5.91 Å². The minimum absolute atomic E-state index is 0.0668. The van der Waals surface area contributed by atoms with Gasteiger partial charge in [0.1, 0.15) is 23.2 Å². The number of anilines is 1. The highest BCUT2D eigenvalue weighted by molar-refractivity contribution is 6.32. The first-order chi connectivity index (χ1) is 15.1. The Morgan fingerprint density at radius 1 is 1.22 bits per heavy atom. The Balaban J connectivity index is 1.69. The molecule has 0 spiro atoms. The van der Waals surface area contributed by atoms with Gasteiger partial charge in [-0.2, -0.15) is 10.2 Å². The Kier molecular flexibility index (Phi) is 7.07. The second kappa shape index (κ2) is 9.60. The van der Waals surface area contributed by atoms with Gasteiger partial charge in [-0.05, 0) is 32.4 Å². The number of benzene rings is 1. The van der Waals surface area contributed by atoms with E-state index in [0.29, 0.717) is 10.4 Å². The van der Waals surface area contributed by atoms with Crippen LogP contribution in [0, 0.1) is 13.8 Å². The van der Waals surface area contributed by atoms with E-state index in [9.17, 15) is 22.4 Å². The number of halogens is 5. The van der Waals surface area contributed by atoms with E-state index in [1.807, 2.05) is 32.0 Å². The van der Waals surface area contributed by atoms with Crippen molar-refractivity contribution in [1.82, 2.24) is 19.6 Å². The Morgan fingerprint density at radius 3 is 2.56 bits per heavy atom. The predicted octanol–water partition coefficient (Wildman–Crippen LogP) is 5.46. The molecule has 2 heterocycles. The molecule has 0 saturated heterocycles. The van der Waals surface area contributed by atoms with Gasteiger partial charge in [0.15, 0.2) is 6.73 Å². The van der Waals surface area contributed by atoms with Crippen molar-refractivity contribution in [3.8, 4) is 5.75 Å². The van der Waals surface area contributed by atoms with E-state index in [1.54, 1.807) is 0 Å². The number of ether oxygens (including phenoxy) is 1. The lowest BCUT2D eigenvalue weighted by Crippen LogP contribution is -2.26. The molecule has 3 rings (SSSR count). The van der Waals surface area contributed by atoms with Crippen LogP contribution in [0.25, 0.3) is 0 Å². The zero-order valence-electron chi connectivity index (χ0n) is 17.3. The number of carbonyl (C=O) groups excluding carboxylic acids is 1. The summed E-state index contributed by atoms with van der Waals surface area (Å²) in [7, 11) is 0. The molecule has 1 unspecified atom stereocenters. The van der Waals surface area contributed by atoms with Crippen molar-refractivity contribution in [2.24, 2.45) is 0 Å². The summed E-state index contributed by atoms with van der Waals surface area (Å²) in [6.45, 7) is 5.19. The molecule has 0 aliphatic heterocycles. The van der Waals surface area contributed by atoms with Crippen LogP contribution in [0.1, 0.15) is 48.3 Å². The van der Waals surface area contributed by atoms with Gasteiger partial charge in [0, 0.05) is 0 Å². The van der Waals surface area contributed by atoms with Crippen LogP contribution < -0.4 is 10.1 Å². The third-order valence-electron chi connectivity index (χ3n) is 4.66. The monoisotopic (exact) mass is 473 g/mol. The van der Waals surface area contributed by atoms with Crippen LogP contribution in [-0.4, -0.2) is 25.5 Å². The normalized spacial score (nSPS) is 12.4. The minimum atomic E-state index is -3.19. The fourth-order valence-electron chi connectivity index (χ4n) is 3.03. The molecule has 1 N–H and O–H groups in total. The van der Waals surface area contributed by atoms with Crippen LogP contribution in [0.3, 0.4) is 0 Å². The Bertz CT molecular complexity index is 1120. The second-order valence-electron chi connectivity index (χ2n) is 7.11. The molecule has 1 amide bonds. The van der Waals surface area contributed by atoms with E-state index in [0.717, 1.165) is 11.1 Å². The number of hydrogen-bond donors (Lipinski definition) is 1. The van der Waals surface area contributed by atoms with E-state index >= 15 is 0 Å². The highest BCUT2D eigenvalue weighted by Gasteiger charge is 2.32. The van der Waals surface area contributed by atoms with Crippen LogP contribution in [0.5, 0.6) is 5.75 Å². The van der Waals surface area contributed by atoms with E-state index in [-0.39, 0.29) is 12.4 Å². The van der Waals surface area contributed by atoms with Crippen molar-refractivity contribution >= 4 is 23.2 Å². The first-order valence-electron chi connectivity index (χ1n) is 9.46. The summed E-state index contributed by atoms with van der Waals surface area (Å²) in [5.74, 6) is -0.0861. The number of amides is 1. The maximum absolute atomic E-state index is 13.3. The Labute approximate surface area is 185 Å². The van der Waals surface area contributed by atoms with Crippen LogP contribution in [-0.2, 0) is 11.5 Å². The number of carbonyl (C=O) groups is 1. The highest BCUT2D eigenvalue weighted by Crippen LogP contribution is 2.36. The summed E-state index contributed by atoms with van der Waals surface area (Å²) >= 11 is 5.63. The van der Waals surface area contributed by atoms with Crippen LogP contribution >= 0.6 is 11.6 Å². The molecule has 12 heteroatoms. The maximum atomic E-state index is 13.3. The van der Waals surface area contributed by atoms with Crippen molar-refractivity contribution in [2.75, 3.05) is 5.32 Å². The number of aromatic nitrogens is 4. The van der Waals surface area contributed by atoms with Gasteiger partial charge in [-0.15, -0.1) is 0 Å². The van der Waals surface area contributed by atoms with Gasteiger partial charge in [-0.25, -0.2) is 26.9 Å². The fraction of sp³-hybridized carbons (Fsp3) is 0.350. The average molecular weight is 474 g/mol. The van der Waals surface area contributed by atoms with Crippen molar-refractivity contribution < 1.29 is 27.1 Å². The van der Waals surface area contributed by atoms with Gasteiger partial charge in [-0.1, -0.05) is 29.3 Å². The Morgan fingerprint density at radius 2 is 1.94 bits per heavy atom. The zero-order valence-corrected chi connectivity index (χ0v) is 18.1. The minimum Gasteiger partial charge on any atom is -0.471 e. The molecule has 0 aliphatic rings. The zero-order chi connectivity index (χ0) is 23.6. The number of aryl methyl sites for hydroxylation is 2. The molecule has 0 aliphatic carbocycles. The van der Waals surface area contributed by atoms with Crippen molar-refractivity contribution in [3.63, 3.8) is 0 Å². The van der Waals surface area contributed by atoms with Crippen LogP contribution in [0.15, 0.2) is 30.6 Å². The molecule has 3 aromatic rings. The van der Waals surface area contributed by atoms with Crippen molar-refractivity contribution in [3.05, 3.63) is 58.1 Å². The molecule has 0 bridgehead atoms. The third kappa shape index (κ3) is 5.04. The first kappa shape index (κ1) is 23.6. The lowest BCUT2D eigenvalue weighted by Gasteiger charge is -2.15. The molecule has 32 heavy (non-hydrogen) atoms. The van der Waals surface area contributed by atoms with E-state index in [4.69, 9.17) is 16.3 Å². The smallest absolute Gasteiger partial charge is 0.283 e. The molecule has 0 saturated carbocycles. The van der Waals surface area contributed by atoms with Crippen molar-refractivity contribution in [1.29, 1.82) is 0 Å². The molecule has 0 fully saturated rings. The quantitative estimate of drug-likeness (QED) is 0.441. The van der Waals surface area contributed by atoms with E-state index in [1.165, 1.54) is 24.0 Å². The largest absolute Gasteiger partial charge is 0.471 e. The summed E-state index contributed by atoms with van der Waals surface area (Å²) in [5.41, 5.74) is 0.370. The van der Waals surface area contributed by atoms with Crippen LogP contribution in [0.2, 0.25) is 5.02 Å². The second-order valence-corrected chi connectivity index (χ2v) is 7.48. The highest BCUT2D eigenvalue weighted by atomic mass is 35.5. The predicted molar refractivity (Wildman–Crippen MR) is 109 cm³/mol. The summed E-state index contributed by atoms with van der Waals surface area (Å²) in [4.78, 5) is 12.5. The third-order valence-corrected chi connectivity index (χ3v) is 5.04. The summed E-state index contributed by atoms with van der Waals surface area (Å²) < 4.78 is 60.3. The molecular weight excluding hydrogens is 454 g/mol. The Hall–Kier alpha value is -3.08. The summed E-state index contributed by atoms with van der Waals surface area (Å²) in [5, 5.41) is 9.13. The van der Waals surface area contributed by atoms with Gasteiger partial charge >= 0.3 is 0 Å².